The molecule has 1 aromatic heterocycles. The predicted octanol–water partition coefficient (Wildman–Crippen LogP) is 2.45. The minimum atomic E-state index is -0.352. The summed E-state index contributed by atoms with van der Waals surface area (Å²) in [6.45, 7) is 3.90. The lowest BCUT2D eigenvalue weighted by Gasteiger charge is -2.06. The first-order chi connectivity index (χ1) is 8.60. The number of nitrogens with two attached hydrogens (primary N) is 1. The van der Waals surface area contributed by atoms with Gasteiger partial charge in [0, 0.05) is 5.69 Å². The first-order valence-corrected chi connectivity index (χ1v) is 6.47. The van der Waals surface area contributed by atoms with Crippen molar-refractivity contribution in [2.24, 2.45) is 0 Å². The number of hydrogen-bond donors (Lipinski definition) is 1. The van der Waals surface area contributed by atoms with Crippen LogP contribution in [0.5, 0.6) is 0 Å². The molecule has 1 heterocycles. The number of oxazole rings is 1. The molecule has 18 heavy (non-hydrogen) atoms. The zero-order chi connectivity index (χ0) is 13.1. The molecule has 96 valence electrons. The molecular weight excluding hydrogens is 252 g/mol. The van der Waals surface area contributed by atoms with Gasteiger partial charge in [-0.3, -0.25) is 4.79 Å². The average molecular weight is 266 g/mol. The van der Waals surface area contributed by atoms with Crippen molar-refractivity contribution in [2.75, 3.05) is 12.3 Å². The van der Waals surface area contributed by atoms with Crippen LogP contribution in [0.2, 0.25) is 0 Å². The predicted molar refractivity (Wildman–Crippen MR) is 70.4 cm³/mol. The fourth-order valence-corrected chi connectivity index (χ4v) is 2.19. The molecule has 0 bridgehead atoms. The van der Waals surface area contributed by atoms with Gasteiger partial charge in [-0.05, 0) is 32.0 Å². The van der Waals surface area contributed by atoms with E-state index in [1.54, 1.807) is 32.0 Å². The number of nitrogen functional groups attached to an aromatic ring is 1. The van der Waals surface area contributed by atoms with Gasteiger partial charge in [0.1, 0.15) is 10.8 Å². The maximum absolute atomic E-state index is 11.5. The van der Waals surface area contributed by atoms with Crippen molar-refractivity contribution < 1.29 is 13.9 Å². The molecule has 0 aliphatic rings. The summed E-state index contributed by atoms with van der Waals surface area (Å²) in [5, 5.41) is 0.0894. The summed E-state index contributed by atoms with van der Waals surface area (Å²) in [5.41, 5.74) is 7.63. The zero-order valence-electron chi connectivity index (χ0n) is 10.2. The van der Waals surface area contributed by atoms with Crippen molar-refractivity contribution in [1.29, 1.82) is 0 Å². The van der Waals surface area contributed by atoms with Crippen LogP contribution in [-0.2, 0) is 9.53 Å². The quantitative estimate of drug-likeness (QED) is 0.520. The van der Waals surface area contributed by atoms with Crippen LogP contribution in [0, 0.1) is 0 Å². The van der Waals surface area contributed by atoms with Crippen LogP contribution in [0.1, 0.15) is 13.8 Å². The summed E-state index contributed by atoms with van der Waals surface area (Å²) >= 11 is 1.23. The Morgan fingerprint density at radius 2 is 2.39 bits per heavy atom. The summed E-state index contributed by atoms with van der Waals surface area (Å²) in [6, 6.07) is 5.24. The van der Waals surface area contributed by atoms with Crippen LogP contribution in [-0.4, -0.2) is 22.8 Å². The lowest BCUT2D eigenvalue weighted by Crippen LogP contribution is -2.16. The van der Waals surface area contributed by atoms with E-state index in [4.69, 9.17) is 14.9 Å². The third-order valence-electron chi connectivity index (χ3n) is 2.29. The number of carbonyl (C=O) groups excluding carboxylic acids is 1. The molecule has 2 N–H and O–H groups in total. The molecule has 2 aromatic rings. The summed E-state index contributed by atoms with van der Waals surface area (Å²) in [5.74, 6) is -0.274. The standard InChI is InChI=1S/C12H14N2O3S/c1-3-16-11(15)7(2)18-12-14-9-6-8(13)4-5-10(9)17-12/h4-7H,3,13H2,1-2H3. The number of fused-ring (bicyclic) bond motifs is 1. The highest BCUT2D eigenvalue weighted by molar-refractivity contribution is 8.00. The van der Waals surface area contributed by atoms with Gasteiger partial charge in [0.2, 0.25) is 0 Å². The first-order valence-electron chi connectivity index (χ1n) is 5.59. The molecule has 0 aliphatic heterocycles. The van der Waals surface area contributed by atoms with Crippen LogP contribution in [0.25, 0.3) is 11.1 Å². The Bertz CT molecular complexity index is 567. The molecule has 1 aromatic carbocycles. The van der Waals surface area contributed by atoms with Crippen LogP contribution >= 0.6 is 11.8 Å². The van der Waals surface area contributed by atoms with E-state index in [0.29, 0.717) is 28.6 Å². The first kappa shape index (κ1) is 12.8. The second-order valence-corrected chi connectivity index (χ2v) is 5.01. The van der Waals surface area contributed by atoms with E-state index < -0.39 is 0 Å². The smallest absolute Gasteiger partial charge is 0.319 e. The van der Waals surface area contributed by atoms with E-state index in [1.807, 2.05) is 0 Å². The lowest BCUT2D eigenvalue weighted by atomic mass is 10.3. The number of nitrogens with zero attached hydrogens (tertiary/aromatic N) is 1. The number of ether oxygens (including phenoxy) is 1. The minimum Gasteiger partial charge on any atom is -0.465 e. The number of thioether (sulfide) groups is 1. The number of esters is 1. The summed E-state index contributed by atoms with van der Waals surface area (Å²) in [6.07, 6.45) is 0. The van der Waals surface area contributed by atoms with Gasteiger partial charge < -0.3 is 14.9 Å². The van der Waals surface area contributed by atoms with E-state index in [-0.39, 0.29) is 11.2 Å². The Balaban J connectivity index is 2.14. The molecule has 6 heteroatoms. The molecular formula is C12H14N2O3S. The van der Waals surface area contributed by atoms with Gasteiger partial charge in [-0.2, -0.15) is 0 Å². The maximum atomic E-state index is 11.5. The molecule has 0 saturated heterocycles. The highest BCUT2D eigenvalue weighted by Gasteiger charge is 2.18. The normalized spacial score (nSPS) is 12.6. The van der Waals surface area contributed by atoms with Crippen LogP contribution in [0.3, 0.4) is 0 Å². The van der Waals surface area contributed by atoms with Gasteiger partial charge in [0.15, 0.2) is 5.58 Å². The fraction of sp³-hybridized carbons (Fsp3) is 0.333. The van der Waals surface area contributed by atoms with Gasteiger partial charge in [-0.1, -0.05) is 11.8 Å². The van der Waals surface area contributed by atoms with Gasteiger partial charge in [0.05, 0.1) is 6.61 Å². The van der Waals surface area contributed by atoms with Gasteiger partial charge in [-0.15, -0.1) is 0 Å². The molecule has 0 saturated carbocycles. The molecule has 2 rings (SSSR count). The van der Waals surface area contributed by atoms with Crippen molar-refractivity contribution in [3.8, 4) is 0 Å². The van der Waals surface area contributed by atoms with Crippen molar-refractivity contribution >= 4 is 34.5 Å². The number of rotatable bonds is 4. The van der Waals surface area contributed by atoms with E-state index in [2.05, 4.69) is 4.98 Å². The highest BCUT2D eigenvalue weighted by atomic mass is 32.2. The van der Waals surface area contributed by atoms with Crippen LogP contribution in [0.4, 0.5) is 5.69 Å². The van der Waals surface area contributed by atoms with Gasteiger partial charge in [-0.25, -0.2) is 4.98 Å². The van der Waals surface area contributed by atoms with Gasteiger partial charge >= 0.3 is 5.97 Å². The molecule has 5 nitrogen and oxygen atoms in total. The molecule has 0 fully saturated rings. The SMILES string of the molecule is CCOC(=O)C(C)Sc1nc2cc(N)ccc2o1. The van der Waals surface area contributed by atoms with Crippen LogP contribution in [0.15, 0.2) is 27.8 Å². The second kappa shape index (κ2) is 5.30. The molecule has 0 aliphatic carbocycles. The molecule has 0 radical (unpaired) electrons. The number of carbonyl (C=O) groups is 1. The number of anilines is 1. The number of benzene rings is 1. The van der Waals surface area contributed by atoms with E-state index in [0.717, 1.165) is 0 Å². The summed E-state index contributed by atoms with van der Waals surface area (Å²) < 4.78 is 10.4. The summed E-state index contributed by atoms with van der Waals surface area (Å²) in [4.78, 5) is 15.7. The molecule has 0 spiro atoms. The largest absolute Gasteiger partial charge is 0.465 e. The van der Waals surface area contributed by atoms with Crippen molar-refractivity contribution in [3.05, 3.63) is 18.2 Å². The monoisotopic (exact) mass is 266 g/mol. The van der Waals surface area contributed by atoms with Crippen molar-refractivity contribution in [1.82, 2.24) is 4.98 Å². The third-order valence-corrected chi connectivity index (χ3v) is 3.21. The molecule has 0 amide bonds. The Morgan fingerprint density at radius 1 is 1.61 bits per heavy atom. The topological polar surface area (TPSA) is 78.3 Å². The Labute approximate surface area is 109 Å². The second-order valence-electron chi connectivity index (χ2n) is 3.72. The van der Waals surface area contributed by atoms with Crippen LogP contribution < -0.4 is 5.73 Å². The van der Waals surface area contributed by atoms with Gasteiger partial charge in [0.25, 0.3) is 5.22 Å². The number of hydrogen-bond acceptors (Lipinski definition) is 6. The Morgan fingerprint density at radius 3 is 3.11 bits per heavy atom. The van der Waals surface area contributed by atoms with Crippen molar-refractivity contribution in [2.45, 2.75) is 24.3 Å². The maximum Gasteiger partial charge on any atom is 0.319 e. The zero-order valence-corrected chi connectivity index (χ0v) is 11.0. The average Bonchev–Trinajstić information content (AvgIpc) is 2.70. The highest BCUT2D eigenvalue weighted by Crippen LogP contribution is 2.28. The Hall–Kier alpha value is -1.69. The van der Waals surface area contributed by atoms with Crippen molar-refractivity contribution in [3.63, 3.8) is 0 Å². The minimum absolute atomic E-state index is 0.274. The molecule has 1 atom stereocenters. The lowest BCUT2D eigenvalue weighted by molar-refractivity contribution is -0.142. The van der Waals surface area contributed by atoms with E-state index in [9.17, 15) is 4.79 Å². The third kappa shape index (κ3) is 2.76. The van der Waals surface area contributed by atoms with E-state index in [1.165, 1.54) is 11.8 Å². The Kier molecular flexibility index (Phi) is 3.76. The molecule has 1 unspecified atom stereocenters. The fourth-order valence-electron chi connectivity index (χ4n) is 1.43. The number of aromatic nitrogens is 1. The van der Waals surface area contributed by atoms with E-state index >= 15 is 0 Å². The summed E-state index contributed by atoms with van der Waals surface area (Å²) in [7, 11) is 0.